The second-order valence-electron chi connectivity index (χ2n) is 5.75. The first-order valence-corrected chi connectivity index (χ1v) is 7.53. The van der Waals surface area contributed by atoms with Gasteiger partial charge >= 0.3 is 0 Å². The highest BCUT2D eigenvalue weighted by molar-refractivity contribution is 5.78. The lowest BCUT2D eigenvalue weighted by Crippen LogP contribution is -2.43. The first-order chi connectivity index (χ1) is 8.79. The molecule has 0 aromatic rings. The summed E-state index contributed by atoms with van der Waals surface area (Å²) in [4.78, 5) is 14.3. The zero-order chi connectivity index (χ0) is 12.8. The summed E-state index contributed by atoms with van der Waals surface area (Å²) in [6, 6.07) is 1.03. The highest BCUT2D eigenvalue weighted by Crippen LogP contribution is 2.21. The van der Waals surface area contributed by atoms with Crippen molar-refractivity contribution in [3.05, 3.63) is 0 Å². The number of nitrogens with two attached hydrogens (primary N) is 1. The Bertz CT molecular complexity index is 264. The summed E-state index contributed by atoms with van der Waals surface area (Å²) in [5, 5.41) is 3.18. The van der Waals surface area contributed by atoms with Crippen molar-refractivity contribution in [2.24, 2.45) is 5.73 Å². The molecule has 0 aromatic heterocycles. The normalized spacial score (nSPS) is 25.7. The maximum atomic E-state index is 12.0. The van der Waals surface area contributed by atoms with E-state index in [2.05, 4.69) is 10.2 Å². The summed E-state index contributed by atoms with van der Waals surface area (Å²) < 4.78 is 0. The Balaban J connectivity index is 1.71. The maximum Gasteiger partial charge on any atom is 0.234 e. The predicted molar refractivity (Wildman–Crippen MR) is 73.3 cm³/mol. The van der Waals surface area contributed by atoms with Gasteiger partial charge < -0.3 is 11.1 Å². The van der Waals surface area contributed by atoms with Crippen LogP contribution in [0.1, 0.15) is 51.4 Å². The lowest BCUT2D eigenvalue weighted by atomic mass is 10.1. The number of carbonyl (C=O) groups is 1. The molecule has 1 saturated carbocycles. The van der Waals surface area contributed by atoms with Crippen molar-refractivity contribution in [1.82, 2.24) is 10.2 Å². The molecule has 2 aliphatic rings. The van der Waals surface area contributed by atoms with Gasteiger partial charge in [-0.25, -0.2) is 0 Å². The molecule has 1 heterocycles. The van der Waals surface area contributed by atoms with E-state index in [0.717, 1.165) is 25.9 Å². The van der Waals surface area contributed by atoms with Gasteiger partial charge in [-0.2, -0.15) is 0 Å². The van der Waals surface area contributed by atoms with E-state index < -0.39 is 0 Å². The number of hydrogen-bond donors (Lipinski definition) is 2. The molecule has 0 spiro atoms. The largest absolute Gasteiger partial charge is 0.352 e. The van der Waals surface area contributed by atoms with E-state index in [4.69, 9.17) is 5.73 Å². The molecule has 0 radical (unpaired) electrons. The molecule has 1 aliphatic carbocycles. The fourth-order valence-corrected chi connectivity index (χ4v) is 3.31. The highest BCUT2D eigenvalue weighted by atomic mass is 16.2. The van der Waals surface area contributed by atoms with E-state index in [0.29, 0.717) is 18.6 Å². The van der Waals surface area contributed by atoms with Crippen LogP contribution in [0.3, 0.4) is 0 Å². The molecule has 4 heteroatoms. The van der Waals surface area contributed by atoms with Gasteiger partial charge in [0.15, 0.2) is 0 Å². The monoisotopic (exact) mass is 253 g/mol. The Hall–Kier alpha value is -0.610. The molecule has 0 bridgehead atoms. The van der Waals surface area contributed by atoms with Crippen molar-refractivity contribution in [3.8, 4) is 0 Å². The van der Waals surface area contributed by atoms with Crippen LogP contribution in [-0.4, -0.2) is 42.5 Å². The SMILES string of the molecule is NCCCC1CCCN1CC(=O)NC1CCCC1. The maximum absolute atomic E-state index is 12.0. The minimum absolute atomic E-state index is 0.224. The molecule has 1 aliphatic heterocycles. The minimum atomic E-state index is 0.224. The fourth-order valence-electron chi connectivity index (χ4n) is 3.31. The van der Waals surface area contributed by atoms with Gasteiger partial charge in [-0.3, -0.25) is 9.69 Å². The highest BCUT2D eigenvalue weighted by Gasteiger charge is 2.26. The van der Waals surface area contributed by atoms with Crippen LogP contribution in [0.2, 0.25) is 0 Å². The van der Waals surface area contributed by atoms with Crippen LogP contribution in [0, 0.1) is 0 Å². The van der Waals surface area contributed by atoms with E-state index in [-0.39, 0.29) is 5.91 Å². The van der Waals surface area contributed by atoms with E-state index in [1.165, 1.54) is 38.5 Å². The summed E-state index contributed by atoms with van der Waals surface area (Å²) >= 11 is 0. The Morgan fingerprint density at radius 2 is 2.00 bits per heavy atom. The fraction of sp³-hybridized carbons (Fsp3) is 0.929. The van der Waals surface area contributed by atoms with E-state index >= 15 is 0 Å². The zero-order valence-electron chi connectivity index (χ0n) is 11.4. The average Bonchev–Trinajstić information content (AvgIpc) is 2.98. The average molecular weight is 253 g/mol. The molecule has 2 rings (SSSR count). The quantitative estimate of drug-likeness (QED) is 0.749. The summed E-state index contributed by atoms with van der Waals surface area (Å²) in [7, 11) is 0. The summed E-state index contributed by atoms with van der Waals surface area (Å²) in [6.07, 6.45) is 9.56. The van der Waals surface area contributed by atoms with Gasteiger partial charge in [0.05, 0.1) is 6.54 Å². The summed E-state index contributed by atoms with van der Waals surface area (Å²) in [5.74, 6) is 0.224. The van der Waals surface area contributed by atoms with Crippen molar-refractivity contribution in [2.75, 3.05) is 19.6 Å². The Labute approximate surface area is 110 Å². The van der Waals surface area contributed by atoms with Gasteiger partial charge in [0.1, 0.15) is 0 Å². The van der Waals surface area contributed by atoms with Crippen LogP contribution in [0.15, 0.2) is 0 Å². The first-order valence-electron chi connectivity index (χ1n) is 7.53. The molecule has 1 saturated heterocycles. The molecule has 4 nitrogen and oxygen atoms in total. The number of likely N-dealkylation sites (tertiary alicyclic amines) is 1. The molecule has 1 atom stereocenters. The molecule has 3 N–H and O–H groups in total. The van der Waals surface area contributed by atoms with Gasteiger partial charge in [0, 0.05) is 12.1 Å². The molecule has 1 unspecified atom stereocenters. The third-order valence-electron chi connectivity index (χ3n) is 4.31. The smallest absolute Gasteiger partial charge is 0.234 e. The number of carbonyl (C=O) groups excluding carboxylic acids is 1. The van der Waals surface area contributed by atoms with Gasteiger partial charge in [-0.05, 0) is 51.6 Å². The number of rotatable bonds is 6. The van der Waals surface area contributed by atoms with Crippen molar-refractivity contribution < 1.29 is 4.79 Å². The second-order valence-corrected chi connectivity index (χ2v) is 5.75. The van der Waals surface area contributed by atoms with Crippen LogP contribution in [0.4, 0.5) is 0 Å². The van der Waals surface area contributed by atoms with Crippen LogP contribution in [-0.2, 0) is 4.79 Å². The van der Waals surface area contributed by atoms with Crippen LogP contribution in [0.25, 0.3) is 0 Å². The van der Waals surface area contributed by atoms with Crippen LogP contribution < -0.4 is 11.1 Å². The van der Waals surface area contributed by atoms with Crippen molar-refractivity contribution >= 4 is 5.91 Å². The lowest BCUT2D eigenvalue weighted by Gasteiger charge is -2.24. The molecular weight excluding hydrogens is 226 g/mol. The predicted octanol–water partition coefficient (Wildman–Crippen LogP) is 1.25. The van der Waals surface area contributed by atoms with Crippen molar-refractivity contribution in [1.29, 1.82) is 0 Å². The molecule has 2 fully saturated rings. The molecule has 18 heavy (non-hydrogen) atoms. The molecule has 104 valence electrons. The number of nitrogens with zero attached hydrogens (tertiary/aromatic N) is 1. The van der Waals surface area contributed by atoms with Gasteiger partial charge in [0.2, 0.25) is 5.91 Å². The Kier molecular flexibility index (Phi) is 5.45. The van der Waals surface area contributed by atoms with Crippen molar-refractivity contribution in [2.45, 2.75) is 63.5 Å². The summed E-state index contributed by atoms with van der Waals surface area (Å²) in [6.45, 7) is 2.43. The zero-order valence-corrected chi connectivity index (χ0v) is 11.4. The molecular formula is C14H27N3O. The van der Waals surface area contributed by atoms with E-state index in [1.807, 2.05) is 0 Å². The van der Waals surface area contributed by atoms with E-state index in [9.17, 15) is 4.79 Å². The van der Waals surface area contributed by atoms with Gasteiger partial charge in [-0.1, -0.05) is 12.8 Å². The van der Waals surface area contributed by atoms with Crippen molar-refractivity contribution in [3.63, 3.8) is 0 Å². The number of nitrogens with one attached hydrogen (secondary N) is 1. The summed E-state index contributed by atoms with van der Waals surface area (Å²) in [5.41, 5.74) is 5.56. The van der Waals surface area contributed by atoms with Crippen LogP contribution in [0.5, 0.6) is 0 Å². The molecule has 0 aromatic carbocycles. The third-order valence-corrected chi connectivity index (χ3v) is 4.31. The number of hydrogen-bond acceptors (Lipinski definition) is 3. The van der Waals surface area contributed by atoms with E-state index in [1.54, 1.807) is 0 Å². The Morgan fingerprint density at radius 3 is 2.72 bits per heavy atom. The Morgan fingerprint density at radius 1 is 1.22 bits per heavy atom. The van der Waals surface area contributed by atoms with Gasteiger partial charge in [0.25, 0.3) is 0 Å². The molecule has 1 amide bonds. The lowest BCUT2D eigenvalue weighted by molar-refractivity contribution is -0.123. The van der Waals surface area contributed by atoms with Crippen LogP contribution >= 0.6 is 0 Å². The second kappa shape index (κ2) is 7.10. The topological polar surface area (TPSA) is 58.4 Å². The first kappa shape index (κ1) is 13.8. The third kappa shape index (κ3) is 3.95. The standard InChI is InChI=1S/C14H27N3O/c15-9-3-7-13-8-4-10-17(13)11-14(18)16-12-5-1-2-6-12/h12-13H,1-11,15H2,(H,16,18). The number of amides is 1. The minimum Gasteiger partial charge on any atom is -0.352 e. The van der Waals surface area contributed by atoms with Gasteiger partial charge in [-0.15, -0.1) is 0 Å².